The van der Waals surface area contributed by atoms with E-state index in [4.69, 9.17) is 26.0 Å². The van der Waals surface area contributed by atoms with Gasteiger partial charge in [-0.3, -0.25) is 0 Å². The van der Waals surface area contributed by atoms with Crippen LogP contribution in [-0.4, -0.2) is 21.2 Å². The summed E-state index contributed by atoms with van der Waals surface area (Å²) in [5.41, 5.74) is -0.0138. The van der Waals surface area contributed by atoms with Gasteiger partial charge in [0.15, 0.2) is 6.61 Å². The molecule has 0 aliphatic heterocycles. The Morgan fingerprint density at radius 1 is 1.50 bits per heavy atom. The molecule has 1 heterocycles. The van der Waals surface area contributed by atoms with E-state index in [0.717, 1.165) is 0 Å². The van der Waals surface area contributed by atoms with E-state index in [1.807, 2.05) is 13.8 Å². The second kappa shape index (κ2) is 5.92. The summed E-state index contributed by atoms with van der Waals surface area (Å²) >= 11 is 5.77. The minimum Gasteiger partial charge on any atom is -0.485 e. The van der Waals surface area contributed by atoms with Crippen LogP contribution in [0.2, 0.25) is 5.02 Å². The molecular formula is C13H13ClN2O4. The maximum Gasteiger partial charge on any atom is 0.337 e. The van der Waals surface area contributed by atoms with Gasteiger partial charge in [0.25, 0.3) is 0 Å². The van der Waals surface area contributed by atoms with Crippen LogP contribution in [0.3, 0.4) is 0 Å². The van der Waals surface area contributed by atoms with Gasteiger partial charge in [-0.2, -0.15) is 4.98 Å². The first-order chi connectivity index (χ1) is 9.47. The summed E-state index contributed by atoms with van der Waals surface area (Å²) in [5.74, 6) is 0.349. The molecule has 1 N–H and O–H groups in total. The third-order valence-electron chi connectivity index (χ3n) is 2.51. The second-order valence-corrected chi connectivity index (χ2v) is 4.85. The number of carbonyl (C=O) groups is 1. The van der Waals surface area contributed by atoms with Gasteiger partial charge >= 0.3 is 5.97 Å². The summed E-state index contributed by atoms with van der Waals surface area (Å²) in [6.45, 7) is 3.98. The van der Waals surface area contributed by atoms with Gasteiger partial charge in [0.2, 0.25) is 11.7 Å². The number of hydrogen-bond acceptors (Lipinski definition) is 5. The van der Waals surface area contributed by atoms with Crippen molar-refractivity contribution >= 4 is 17.6 Å². The molecule has 2 rings (SSSR count). The van der Waals surface area contributed by atoms with Gasteiger partial charge in [0, 0.05) is 5.92 Å². The Bertz CT molecular complexity index is 625. The molecule has 106 valence electrons. The molecule has 20 heavy (non-hydrogen) atoms. The number of benzene rings is 1. The van der Waals surface area contributed by atoms with Crippen molar-refractivity contribution in [1.29, 1.82) is 0 Å². The smallest absolute Gasteiger partial charge is 0.337 e. The van der Waals surface area contributed by atoms with Crippen LogP contribution in [0.15, 0.2) is 22.7 Å². The summed E-state index contributed by atoms with van der Waals surface area (Å²) in [7, 11) is 0. The minimum atomic E-state index is -1.11. The molecular weight excluding hydrogens is 284 g/mol. The zero-order valence-electron chi connectivity index (χ0n) is 11.0. The monoisotopic (exact) mass is 296 g/mol. The normalized spacial score (nSPS) is 10.8. The predicted molar refractivity (Wildman–Crippen MR) is 71.1 cm³/mol. The number of hydrogen-bond donors (Lipinski definition) is 1. The van der Waals surface area contributed by atoms with Gasteiger partial charge in [-0.05, 0) is 18.2 Å². The molecule has 1 aromatic heterocycles. The highest BCUT2D eigenvalue weighted by Gasteiger charge is 2.12. The number of carboxylic acid groups (broad SMARTS) is 1. The molecule has 0 aliphatic rings. The molecule has 0 saturated carbocycles. The van der Waals surface area contributed by atoms with Crippen molar-refractivity contribution in [3.8, 4) is 5.75 Å². The fraction of sp³-hybridized carbons (Fsp3) is 0.308. The zero-order valence-corrected chi connectivity index (χ0v) is 11.7. The number of nitrogens with zero attached hydrogens (tertiary/aromatic N) is 2. The molecule has 0 saturated heterocycles. The SMILES string of the molecule is CC(C)c1nc(COc2ccc(Cl)c(C(=O)O)c2)no1. The predicted octanol–water partition coefficient (Wildman–Crippen LogP) is 3.12. The van der Waals surface area contributed by atoms with Gasteiger partial charge in [0.05, 0.1) is 10.6 Å². The molecule has 0 aliphatic carbocycles. The topological polar surface area (TPSA) is 85.5 Å². The van der Waals surface area contributed by atoms with Crippen molar-refractivity contribution in [3.05, 3.63) is 40.5 Å². The Kier molecular flexibility index (Phi) is 4.24. The molecule has 0 radical (unpaired) electrons. The van der Waals surface area contributed by atoms with E-state index in [2.05, 4.69) is 10.1 Å². The average Bonchev–Trinajstić information content (AvgIpc) is 2.86. The number of aromatic nitrogens is 2. The molecule has 0 atom stereocenters. The third kappa shape index (κ3) is 3.27. The van der Waals surface area contributed by atoms with E-state index in [-0.39, 0.29) is 23.1 Å². The maximum atomic E-state index is 10.9. The molecule has 0 fully saturated rings. The molecule has 1 aromatic carbocycles. The Morgan fingerprint density at radius 3 is 2.85 bits per heavy atom. The van der Waals surface area contributed by atoms with Crippen LogP contribution in [0.25, 0.3) is 0 Å². The lowest BCUT2D eigenvalue weighted by Crippen LogP contribution is -2.01. The number of ether oxygens (including phenoxy) is 1. The highest BCUT2D eigenvalue weighted by atomic mass is 35.5. The number of halogens is 1. The first-order valence-corrected chi connectivity index (χ1v) is 6.33. The van der Waals surface area contributed by atoms with Crippen LogP contribution in [0.1, 0.15) is 41.8 Å². The Labute approximate surface area is 120 Å². The van der Waals surface area contributed by atoms with Crippen molar-refractivity contribution in [1.82, 2.24) is 10.1 Å². The highest BCUT2D eigenvalue weighted by molar-refractivity contribution is 6.33. The number of aromatic carboxylic acids is 1. The van der Waals surface area contributed by atoms with Crippen LogP contribution in [0.4, 0.5) is 0 Å². The van der Waals surface area contributed by atoms with Gasteiger partial charge < -0.3 is 14.4 Å². The summed E-state index contributed by atoms with van der Waals surface area (Å²) in [6.07, 6.45) is 0. The Morgan fingerprint density at radius 2 is 2.25 bits per heavy atom. The molecule has 0 bridgehead atoms. The lowest BCUT2D eigenvalue weighted by Gasteiger charge is -2.05. The van der Waals surface area contributed by atoms with E-state index >= 15 is 0 Å². The zero-order chi connectivity index (χ0) is 14.7. The standard InChI is InChI=1S/C13H13ClN2O4/c1-7(2)12-15-11(16-20-12)6-19-8-3-4-10(14)9(5-8)13(17)18/h3-5,7H,6H2,1-2H3,(H,17,18). The fourth-order valence-electron chi connectivity index (χ4n) is 1.47. The van der Waals surface area contributed by atoms with Crippen LogP contribution in [-0.2, 0) is 6.61 Å². The largest absolute Gasteiger partial charge is 0.485 e. The van der Waals surface area contributed by atoms with Crippen LogP contribution in [0.5, 0.6) is 5.75 Å². The Balaban J connectivity index is 2.06. The van der Waals surface area contributed by atoms with Crippen molar-refractivity contribution in [2.75, 3.05) is 0 Å². The quantitative estimate of drug-likeness (QED) is 0.912. The van der Waals surface area contributed by atoms with E-state index in [0.29, 0.717) is 17.5 Å². The van der Waals surface area contributed by atoms with E-state index in [1.54, 1.807) is 6.07 Å². The van der Waals surface area contributed by atoms with Gasteiger partial charge in [-0.1, -0.05) is 30.6 Å². The molecule has 0 unspecified atom stereocenters. The fourth-order valence-corrected chi connectivity index (χ4v) is 1.66. The third-order valence-corrected chi connectivity index (χ3v) is 2.84. The molecule has 0 amide bonds. The highest BCUT2D eigenvalue weighted by Crippen LogP contribution is 2.22. The molecule has 0 spiro atoms. The lowest BCUT2D eigenvalue weighted by atomic mass is 10.2. The van der Waals surface area contributed by atoms with Gasteiger partial charge in [0.1, 0.15) is 5.75 Å². The van der Waals surface area contributed by atoms with Crippen molar-refractivity contribution in [2.24, 2.45) is 0 Å². The van der Waals surface area contributed by atoms with Crippen LogP contribution >= 0.6 is 11.6 Å². The summed E-state index contributed by atoms with van der Waals surface area (Å²) in [5, 5.41) is 12.9. The van der Waals surface area contributed by atoms with Gasteiger partial charge in [-0.25, -0.2) is 4.79 Å². The summed E-state index contributed by atoms with van der Waals surface area (Å²) in [4.78, 5) is 15.1. The molecule has 2 aromatic rings. The first-order valence-electron chi connectivity index (χ1n) is 5.95. The molecule has 7 heteroatoms. The molecule has 6 nitrogen and oxygen atoms in total. The summed E-state index contributed by atoms with van der Waals surface area (Å²) in [6, 6.07) is 4.41. The van der Waals surface area contributed by atoms with Gasteiger partial charge in [-0.15, -0.1) is 0 Å². The van der Waals surface area contributed by atoms with E-state index in [1.165, 1.54) is 12.1 Å². The minimum absolute atomic E-state index is 0.0138. The lowest BCUT2D eigenvalue weighted by molar-refractivity contribution is 0.0696. The van der Waals surface area contributed by atoms with Crippen molar-refractivity contribution in [3.63, 3.8) is 0 Å². The second-order valence-electron chi connectivity index (χ2n) is 4.44. The average molecular weight is 297 g/mol. The maximum absolute atomic E-state index is 10.9. The van der Waals surface area contributed by atoms with E-state index in [9.17, 15) is 4.79 Å². The first kappa shape index (κ1) is 14.3. The number of rotatable bonds is 5. The summed E-state index contributed by atoms with van der Waals surface area (Å²) < 4.78 is 10.5. The number of carboxylic acids is 1. The van der Waals surface area contributed by atoms with E-state index < -0.39 is 5.97 Å². The van der Waals surface area contributed by atoms with Crippen molar-refractivity contribution < 1.29 is 19.2 Å². The Hall–Kier alpha value is -2.08. The van der Waals surface area contributed by atoms with Crippen LogP contribution < -0.4 is 4.74 Å². The van der Waals surface area contributed by atoms with Crippen molar-refractivity contribution in [2.45, 2.75) is 26.4 Å². The van der Waals surface area contributed by atoms with Crippen LogP contribution in [0, 0.1) is 0 Å².